The number of nitrogens with zero attached hydrogens (tertiary/aromatic N) is 2. The zero-order valence-electron chi connectivity index (χ0n) is 11.0. The Hall–Kier alpha value is -1.50. The average Bonchev–Trinajstić information content (AvgIpc) is 2.74. The molecule has 1 fully saturated rings. The van der Waals surface area contributed by atoms with Crippen LogP contribution in [0.2, 0.25) is 0 Å². The van der Waals surface area contributed by atoms with E-state index in [2.05, 4.69) is 15.2 Å². The molecule has 106 valence electrons. The van der Waals surface area contributed by atoms with Crippen LogP contribution in [0.5, 0.6) is 0 Å². The molecule has 1 aromatic carbocycles. The highest BCUT2D eigenvalue weighted by Gasteiger charge is 2.13. The number of pyridine rings is 1. The van der Waals surface area contributed by atoms with Crippen LogP contribution in [-0.2, 0) is 11.1 Å². The molecule has 1 aliphatic rings. The smallest absolute Gasteiger partial charge is 0.121 e. The third kappa shape index (κ3) is 2.54. The van der Waals surface area contributed by atoms with Gasteiger partial charge in [-0.2, -0.15) is 0 Å². The Morgan fingerprint density at radius 2 is 2.10 bits per heavy atom. The van der Waals surface area contributed by atoms with Crippen molar-refractivity contribution in [2.24, 2.45) is 0 Å². The van der Waals surface area contributed by atoms with E-state index in [4.69, 9.17) is 0 Å². The maximum Gasteiger partial charge on any atom is 0.121 e. The lowest BCUT2D eigenvalue weighted by Gasteiger charge is -2.24. The first kappa shape index (κ1) is 13.5. The van der Waals surface area contributed by atoms with Gasteiger partial charge in [0.1, 0.15) is 5.03 Å². The number of aromatic nitrogens is 1. The van der Waals surface area contributed by atoms with E-state index in [1.54, 1.807) is 6.20 Å². The van der Waals surface area contributed by atoms with Crippen LogP contribution < -0.4 is 10.2 Å². The van der Waals surface area contributed by atoms with Crippen LogP contribution in [-0.4, -0.2) is 39.9 Å². The lowest BCUT2D eigenvalue weighted by atomic mass is 10.1. The Kier molecular flexibility index (Phi) is 3.95. The van der Waals surface area contributed by atoms with Gasteiger partial charge in [0.2, 0.25) is 0 Å². The molecule has 1 aromatic heterocycles. The molecule has 6 heteroatoms. The number of rotatable bonds is 2. The number of benzene rings is 1. The number of anilines is 1. The zero-order valence-corrected chi connectivity index (χ0v) is 11.9. The fourth-order valence-electron chi connectivity index (χ4n) is 2.66. The topological polar surface area (TPSA) is 68.3 Å². The minimum Gasteiger partial charge on any atom is -0.767 e. The molecule has 0 bridgehead atoms. The summed E-state index contributed by atoms with van der Waals surface area (Å²) < 4.78 is 22.5. The summed E-state index contributed by atoms with van der Waals surface area (Å²) in [7, 11) is 0. The summed E-state index contributed by atoms with van der Waals surface area (Å²) in [6.07, 6.45) is 2.65. The Morgan fingerprint density at radius 1 is 1.20 bits per heavy atom. The fourth-order valence-corrected chi connectivity index (χ4v) is 3.16. The molecule has 0 saturated carbocycles. The lowest BCUT2D eigenvalue weighted by molar-refractivity contribution is 0.534. The van der Waals surface area contributed by atoms with Crippen LogP contribution in [0.3, 0.4) is 0 Å². The third-order valence-corrected chi connectivity index (χ3v) is 4.23. The van der Waals surface area contributed by atoms with Crippen LogP contribution in [0.15, 0.2) is 35.5 Å². The highest BCUT2D eigenvalue weighted by Crippen LogP contribution is 2.29. The Labute approximate surface area is 120 Å². The average molecular weight is 290 g/mol. The van der Waals surface area contributed by atoms with Gasteiger partial charge in [0.25, 0.3) is 0 Å². The summed E-state index contributed by atoms with van der Waals surface area (Å²) in [5.41, 5.74) is 1.08. The Morgan fingerprint density at radius 3 is 2.95 bits per heavy atom. The summed E-state index contributed by atoms with van der Waals surface area (Å²) in [6, 6.07) is 7.64. The minimum atomic E-state index is -2.31. The minimum absolute atomic E-state index is 0.122. The molecule has 3 rings (SSSR count). The van der Waals surface area contributed by atoms with Gasteiger partial charge in [0.15, 0.2) is 0 Å². The van der Waals surface area contributed by atoms with Crippen molar-refractivity contribution in [3.8, 4) is 0 Å². The van der Waals surface area contributed by atoms with Crippen molar-refractivity contribution in [1.29, 1.82) is 0 Å². The largest absolute Gasteiger partial charge is 0.767 e. The summed E-state index contributed by atoms with van der Waals surface area (Å²) in [5.74, 6) is 0. The maximum atomic E-state index is 11.3. The Bertz CT molecular complexity index is 639. The summed E-state index contributed by atoms with van der Waals surface area (Å²) in [5, 5.41) is 5.13. The molecule has 0 amide bonds. The predicted molar refractivity (Wildman–Crippen MR) is 78.6 cm³/mol. The van der Waals surface area contributed by atoms with Gasteiger partial charge in [0.05, 0.1) is 0 Å². The molecular weight excluding hydrogens is 274 g/mol. The van der Waals surface area contributed by atoms with Crippen molar-refractivity contribution in [2.75, 3.05) is 31.1 Å². The van der Waals surface area contributed by atoms with Gasteiger partial charge in [-0.05, 0) is 36.2 Å². The quantitative estimate of drug-likeness (QED) is 0.844. The van der Waals surface area contributed by atoms with Crippen LogP contribution in [0.25, 0.3) is 10.8 Å². The Balaban J connectivity index is 2.11. The predicted octanol–water partition coefficient (Wildman–Crippen LogP) is 1.27. The van der Waals surface area contributed by atoms with E-state index < -0.39 is 11.1 Å². The maximum absolute atomic E-state index is 11.3. The van der Waals surface area contributed by atoms with E-state index in [-0.39, 0.29) is 5.03 Å². The highest BCUT2D eigenvalue weighted by molar-refractivity contribution is 7.79. The molecule has 2 heterocycles. The zero-order chi connectivity index (χ0) is 13.9. The molecule has 1 saturated heterocycles. The second kappa shape index (κ2) is 5.87. The van der Waals surface area contributed by atoms with E-state index in [0.29, 0.717) is 5.39 Å². The highest BCUT2D eigenvalue weighted by atomic mass is 32.2. The van der Waals surface area contributed by atoms with E-state index in [1.165, 1.54) is 0 Å². The van der Waals surface area contributed by atoms with Gasteiger partial charge in [-0.3, -0.25) is 4.21 Å². The van der Waals surface area contributed by atoms with E-state index >= 15 is 0 Å². The molecule has 1 N–H and O–H groups in total. The summed E-state index contributed by atoms with van der Waals surface area (Å²) in [4.78, 5) is 6.27. The molecule has 1 aliphatic heterocycles. The second-order valence-electron chi connectivity index (χ2n) is 4.81. The van der Waals surface area contributed by atoms with Gasteiger partial charge in [-0.15, -0.1) is 0 Å². The number of hydrogen-bond acceptors (Lipinski definition) is 5. The second-order valence-corrected chi connectivity index (χ2v) is 5.67. The van der Waals surface area contributed by atoms with Crippen molar-refractivity contribution in [3.63, 3.8) is 0 Å². The molecule has 0 radical (unpaired) electrons. The SMILES string of the molecule is O=S([O-])c1nccc2c(N3CCCNCC3)cccc12. The van der Waals surface area contributed by atoms with Gasteiger partial charge in [-0.25, -0.2) is 4.98 Å². The summed E-state index contributed by atoms with van der Waals surface area (Å²) in [6.45, 7) is 3.88. The first-order chi connectivity index (χ1) is 9.77. The molecule has 1 atom stereocenters. The van der Waals surface area contributed by atoms with Gasteiger partial charge in [-0.1, -0.05) is 12.1 Å². The summed E-state index contributed by atoms with van der Waals surface area (Å²) >= 11 is -2.31. The van der Waals surface area contributed by atoms with Crippen molar-refractivity contribution < 1.29 is 8.76 Å². The monoisotopic (exact) mass is 290 g/mol. The molecular formula is C14H16N3O2S-. The van der Waals surface area contributed by atoms with Crippen LogP contribution in [0, 0.1) is 0 Å². The number of fused-ring (bicyclic) bond motifs is 1. The first-order valence-electron chi connectivity index (χ1n) is 6.70. The molecule has 2 aromatic rings. The third-order valence-electron chi connectivity index (χ3n) is 3.59. The lowest BCUT2D eigenvalue weighted by Crippen LogP contribution is -2.27. The molecule has 0 spiro atoms. The molecule has 1 unspecified atom stereocenters. The normalized spacial score (nSPS) is 17.9. The van der Waals surface area contributed by atoms with Gasteiger partial charge >= 0.3 is 0 Å². The van der Waals surface area contributed by atoms with Gasteiger partial charge in [0, 0.05) is 42.3 Å². The van der Waals surface area contributed by atoms with Gasteiger partial charge < -0.3 is 14.8 Å². The van der Waals surface area contributed by atoms with E-state index in [9.17, 15) is 8.76 Å². The van der Waals surface area contributed by atoms with Crippen LogP contribution >= 0.6 is 0 Å². The van der Waals surface area contributed by atoms with E-state index in [1.807, 2.05) is 24.3 Å². The van der Waals surface area contributed by atoms with Crippen LogP contribution in [0.1, 0.15) is 6.42 Å². The molecule has 5 nitrogen and oxygen atoms in total. The van der Waals surface area contributed by atoms with Crippen molar-refractivity contribution in [2.45, 2.75) is 11.4 Å². The standard InChI is InChI=1S/C14H17N3O2S/c18-20(19)14-12-3-1-4-13(11(12)5-7-16-14)17-9-2-6-15-8-10-17/h1,3-5,7,15H,2,6,8-10H2,(H,18,19)/p-1. The van der Waals surface area contributed by atoms with Crippen LogP contribution in [0.4, 0.5) is 5.69 Å². The number of nitrogens with one attached hydrogen (secondary N) is 1. The first-order valence-corrected chi connectivity index (χ1v) is 7.77. The molecule has 20 heavy (non-hydrogen) atoms. The fraction of sp³-hybridized carbons (Fsp3) is 0.357. The van der Waals surface area contributed by atoms with Crippen molar-refractivity contribution >= 4 is 27.5 Å². The number of hydrogen-bond donors (Lipinski definition) is 1. The van der Waals surface area contributed by atoms with E-state index in [0.717, 1.165) is 43.7 Å². The molecule has 0 aliphatic carbocycles. The van der Waals surface area contributed by atoms with Crippen molar-refractivity contribution in [3.05, 3.63) is 30.5 Å². The van der Waals surface area contributed by atoms with Crippen molar-refractivity contribution in [1.82, 2.24) is 10.3 Å².